The molecule has 0 radical (unpaired) electrons. The molecule has 2 amide bonds. The van der Waals surface area contributed by atoms with Crippen molar-refractivity contribution in [3.8, 4) is 11.8 Å². The molecule has 7 heteroatoms. The van der Waals surface area contributed by atoms with E-state index < -0.39 is 5.91 Å². The molecule has 0 saturated carbocycles. The van der Waals surface area contributed by atoms with Crippen molar-refractivity contribution in [1.29, 1.82) is 5.26 Å². The van der Waals surface area contributed by atoms with E-state index in [0.29, 0.717) is 17.8 Å². The summed E-state index contributed by atoms with van der Waals surface area (Å²) in [6.45, 7) is 0.328. The Kier molecular flexibility index (Phi) is 6.18. The monoisotopic (exact) mass is 386 g/mol. The van der Waals surface area contributed by atoms with Gasteiger partial charge in [-0.1, -0.05) is 24.3 Å². The zero-order valence-corrected chi connectivity index (χ0v) is 15.7. The van der Waals surface area contributed by atoms with Crippen LogP contribution >= 0.6 is 0 Å². The fourth-order valence-electron chi connectivity index (χ4n) is 2.60. The maximum absolute atomic E-state index is 12.5. The summed E-state index contributed by atoms with van der Waals surface area (Å²) >= 11 is 0. The Morgan fingerprint density at radius 2 is 1.72 bits per heavy atom. The lowest BCUT2D eigenvalue weighted by molar-refractivity contribution is 0.0950. The molecule has 0 spiro atoms. The fraction of sp³-hybridized carbons (Fsp3) is 0.0909. The van der Waals surface area contributed by atoms with Gasteiger partial charge < -0.3 is 15.4 Å². The summed E-state index contributed by atoms with van der Waals surface area (Å²) in [5.41, 5.74) is 2.14. The molecule has 0 aliphatic rings. The highest BCUT2D eigenvalue weighted by atomic mass is 16.5. The Hall–Kier alpha value is -4.18. The minimum absolute atomic E-state index is 0.217. The first-order valence-electron chi connectivity index (χ1n) is 8.77. The van der Waals surface area contributed by atoms with Gasteiger partial charge in [0.2, 0.25) is 0 Å². The maximum atomic E-state index is 12.5. The number of pyridine rings is 1. The lowest BCUT2D eigenvalue weighted by Crippen LogP contribution is -2.23. The molecule has 1 heterocycles. The van der Waals surface area contributed by atoms with Crippen molar-refractivity contribution >= 4 is 17.5 Å². The van der Waals surface area contributed by atoms with Crippen LogP contribution in [-0.4, -0.2) is 23.9 Å². The SMILES string of the molecule is COc1ccc(CNC(=O)c2cncc(C(=O)Nc3ccccc3C#N)c2)cc1. The van der Waals surface area contributed by atoms with E-state index in [2.05, 4.69) is 15.6 Å². The van der Waals surface area contributed by atoms with Crippen molar-refractivity contribution in [2.45, 2.75) is 6.54 Å². The van der Waals surface area contributed by atoms with Crippen molar-refractivity contribution in [3.63, 3.8) is 0 Å². The van der Waals surface area contributed by atoms with Crippen molar-refractivity contribution < 1.29 is 14.3 Å². The van der Waals surface area contributed by atoms with Crippen molar-refractivity contribution in [3.05, 3.63) is 89.2 Å². The summed E-state index contributed by atoms with van der Waals surface area (Å²) in [6, 6.07) is 17.5. The highest BCUT2D eigenvalue weighted by molar-refractivity contribution is 6.06. The van der Waals surface area contributed by atoms with Crippen LogP contribution in [0.4, 0.5) is 5.69 Å². The van der Waals surface area contributed by atoms with Crippen LogP contribution < -0.4 is 15.4 Å². The van der Waals surface area contributed by atoms with E-state index in [4.69, 9.17) is 10.00 Å². The van der Waals surface area contributed by atoms with Gasteiger partial charge in [0, 0.05) is 18.9 Å². The molecule has 3 aromatic rings. The van der Waals surface area contributed by atoms with Crippen molar-refractivity contribution in [1.82, 2.24) is 10.3 Å². The molecule has 0 aliphatic carbocycles. The highest BCUT2D eigenvalue weighted by Gasteiger charge is 2.13. The lowest BCUT2D eigenvalue weighted by Gasteiger charge is -2.09. The van der Waals surface area contributed by atoms with E-state index in [9.17, 15) is 9.59 Å². The number of amides is 2. The average molecular weight is 386 g/mol. The number of nitriles is 1. The number of nitrogens with zero attached hydrogens (tertiary/aromatic N) is 2. The number of benzene rings is 2. The Balaban J connectivity index is 1.67. The Morgan fingerprint density at radius 3 is 2.41 bits per heavy atom. The van der Waals surface area contributed by atoms with Gasteiger partial charge >= 0.3 is 0 Å². The highest BCUT2D eigenvalue weighted by Crippen LogP contribution is 2.15. The molecule has 2 N–H and O–H groups in total. The van der Waals surface area contributed by atoms with Crippen LogP contribution in [0.3, 0.4) is 0 Å². The number of methoxy groups -OCH3 is 1. The first kappa shape index (κ1) is 19.6. The Bertz CT molecular complexity index is 1070. The van der Waals surface area contributed by atoms with Crippen LogP contribution in [0.1, 0.15) is 31.8 Å². The zero-order chi connectivity index (χ0) is 20.6. The molecule has 0 atom stereocenters. The second-order valence-electron chi connectivity index (χ2n) is 6.10. The Morgan fingerprint density at radius 1 is 1.03 bits per heavy atom. The molecule has 1 aromatic heterocycles. The normalized spacial score (nSPS) is 9.93. The average Bonchev–Trinajstić information content (AvgIpc) is 2.78. The number of hydrogen-bond donors (Lipinski definition) is 2. The maximum Gasteiger partial charge on any atom is 0.257 e. The third kappa shape index (κ3) is 4.96. The first-order chi connectivity index (χ1) is 14.1. The van der Waals surface area contributed by atoms with Crippen LogP contribution in [0.25, 0.3) is 0 Å². The number of nitrogens with one attached hydrogen (secondary N) is 2. The second kappa shape index (κ2) is 9.15. The summed E-state index contributed by atoms with van der Waals surface area (Å²) in [5, 5.41) is 14.6. The smallest absolute Gasteiger partial charge is 0.257 e. The minimum Gasteiger partial charge on any atom is -0.497 e. The van der Waals surface area contributed by atoms with Crippen LogP contribution in [0, 0.1) is 11.3 Å². The van der Waals surface area contributed by atoms with Gasteiger partial charge in [-0.2, -0.15) is 5.26 Å². The van der Waals surface area contributed by atoms with Crippen molar-refractivity contribution in [2.24, 2.45) is 0 Å². The first-order valence-corrected chi connectivity index (χ1v) is 8.77. The predicted octanol–water partition coefficient (Wildman–Crippen LogP) is 3.14. The number of anilines is 1. The van der Waals surface area contributed by atoms with E-state index in [1.54, 1.807) is 31.4 Å². The number of carbonyl (C=O) groups is 2. The van der Waals surface area contributed by atoms with Gasteiger partial charge in [0.1, 0.15) is 11.8 Å². The van der Waals surface area contributed by atoms with E-state index in [1.807, 2.05) is 30.3 Å². The molecule has 0 unspecified atom stereocenters. The minimum atomic E-state index is -0.454. The zero-order valence-electron chi connectivity index (χ0n) is 15.7. The quantitative estimate of drug-likeness (QED) is 0.677. The molecule has 0 fully saturated rings. The predicted molar refractivity (Wildman–Crippen MR) is 108 cm³/mol. The largest absolute Gasteiger partial charge is 0.497 e. The van der Waals surface area contributed by atoms with Gasteiger partial charge in [0.15, 0.2) is 0 Å². The molecule has 0 bridgehead atoms. The van der Waals surface area contributed by atoms with E-state index in [0.717, 1.165) is 11.3 Å². The third-order valence-corrected chi connectivity index (χ3v) is 4.17. The number of carbonyl (C=O) groups excluding carboxylic acids is 2. The summed E-state index contributed by atoms with van der Waals surface area (Å²) in [4.78, 5) is 28.9. The number of aromatic nitrogens is 1. The van der Waals surface area contributed by atoms with Gasteiger partial charge in [-0.3, -0.25) is 14.6 Å². The number of hydrogen-bond acceptors (Lipinski definition) is 5. The lowest BCUT2D eigenvalue weighted by atomic mass is 10.1. The standard InChI is InChI=1S/C22H18N4O3/c1-29-19-8-6-15(7-9-19)12-25-21(27)17-10-18(14-24-13-17)22(28)26-20-5-3-2-4-16(20)11-23/h2-10,13-14H,12H2,1H3,(H,25,27)(H,26,28). The van der Waals surface area contributed by atoms with Gasteiger partial charge in [-0.15, -0.1) is 0 Å². The molecular weight excluding hydrogens is 368 g/mol. The molecule has 2 aromatic carbocycles. The molecule has 144 valence electrons. The van der Waals surface area contributed by atoms with Gasteiger partial charge in [0.05, 0.1) is 29.5 Å². The van der Waals surface area contributed by atoms with E-state index in [-0.39, 0.29) is 17.0 Å². The van der Waals surface area contributed by atoms with Crippen LogP contribution in [0.2, 0.25) is 0 Å². The van der Waals surface area contributed by atoms with Crippen LogP contribution in [0.15, 0.2) is 67.0 Å². The summed E-state index contributed by atoms with van der Waals surface area (Å²) in [6.07, 6.45) is 2.76. The molecule has 0 saturated heterocycles. The summed E-state index contributed by atoms with van der Waals surface area (Å²) in [5.74, 6) is -0.0636. The van der Waals surface area contributed by atoms with E-state index >= 15 is 0 Å². The molecule has 0 aliphatic heterocycles. The summed E-state index contributed by atoms with van der Waals surface area (Å²) in [7, 11) is 1.59. The van der Waals surface area contributed by atoms with Gasteiger partial charge in [0.25, 0.3) is 11.8 Å². The van der Waals surface area contributed by atoms with Crippen molar-refractivity contribution in [2.75, 3.05) is 12.4 Å². The Labute approximate surface area is 168 Å². The second-order valence-corrected chi connectivity index (χ2v) is 6.10. The molecular formula is C22H18N4O3. The molecule has 29 heavy (non-hydrogen) atoms. The van der Waals surface area contributed by atoms with E-state index in [1.165, 1.54) is 18.5 Å². The van der Waals surface area contributed by atoms with Gasteiger partial charge in [-0.05, 0) is 35.9 Å². The number of rotatable bonds is 6. The number of para-hydroxylation sites is 1. The van der Waals surface area contributed by atoms with Crippen LogP contribution in [0.5, 0.6) is 5.75 Å². The third-order valence-electron chi connectivity index (χ3n) is 4.17. The van der Waals surface area contributed by atoms with Gasteiger partial charge in [-0.25, -0.2) is 0 Å². The molecule has 7 nitrogen and oxygen atoms in total. The number of ether oxygens (including phenoxy) is 1. The molecule has 3 rings (SSSR count). The van der Waals surface area contributed by atoms with Crippen LogP contribution in [-0.2, 0) is 6.54 Å². The fourth-order valence-corrected chi connectivity index (χ4v) is 2.60. The topological polar surface area (TPSA) is 104 Å². The summed E-state index contributed by atoms with van der Waals surface area (Å²) < 4.78 is 5.11.